The van der Waals surface area contributed by atoms with E-state index in [1.54, 1.807) is 18.3 Å². The molecule has 2 N–H and O–H groups in total. The van der Waals surface area contributed by atoms with Gasteiger partial charge in [0, 0.05) is 31.1 Å². The third-order valence-electron chi connectivity index (χ3n) is 3.94. The minimum atomic E-state index is -3.16. The van der Waals surface area contributed by atoms with Crippen LogP contribution >= 0.6 is 24.0 Å². The van der Waals surface area contributed by atoms with Crippen LogP contribution in [0.1, 0.15) is 25.0 Å². The van der Waals surface area contributed by atoms with Crippen LogP contribution in [0, 0.1) is 0 Å². The molecular weight excluding hydrogens is 503 g/mol. The second-order valence-corrected chi connectivity index (χ2v) is 8.20. The van der Waals surface area contributed by atoms with Gasteiger partial charge in [-0.1, -0.05) is 18.2 Å². The fraction of sp³-hybridized carbons (Fsp3) is 0.400. The van der Waals surface area contributed by atoms with Crippen molar-refractivity contribution in [2.24, 2.45) is 4.99 Å². The molecule has 0 amide bonds. The topological polar surface area (TPSA) is 92.7 Å². The molecule has 0 aliphatic carbocycles. The Hall–Kier alpha value is -1.88. The Bertz CT molecular complexity index is 887. The Morgan fingerprint density at radius 1 is 1.14 bits per heavy atom. The van der Waals surface area contributed by atoms with Crippen LogP contribution in [0.15, 0.2) is 52.5 Å². The largest absolute Gasteiger partial charge is 0.478 e. The standard InChI is InChI=1S/C20H28N4O3S.HI/c1-4-21-20(24-15-17-7-6-13-22-19(17)27-5-2)23-14-12-16-8-10-18(11-9-16)28(3,25)26;/h6-11,13H,4-5,12,14-15H2,1-3H3,(H2,21,23,24);1H. The predicted molar refractivity (Wildman–Crippen MR) is 127 cm³/mol. The number of nitrogens with zero attached hydrogens (tertiary/aromatic N) is 2. The molecule has 0 aliphatic rings. The van der Waals surface area contributed by atoms with Gasteiger partial charge in [-0.3, -0.25) is 0 Å². The van der Waals surface area contributed by atoms with Crippen LogP contribution in [0.2, 0.25) is 0 Å². The van der Waals surface area contributed by atoms with Gasteiger partial charge in [0.1, 0.15) is 0 Å². The molecule has 0 saturated carbocycles. The monoisotopic (exact) mass is 532 g/mol. The molecule has 1 aromatic heterocycles. The average molecular weight is 532 g/mol. The number of sulfone groups is 1. The molecule has 0 aliphatic heterocycles. The van der Waals surface area contributed by atoms with Gasteiger partial charge in [-0.25, -0.2) is 18.4 Å². The maximum absolute atomic E-state index is 11.5. The molecule has 2 aromatic rings. The van der Waals surface area contributed by atoms with E-state index in [4.69, 9.17) is 4.74 Å². The first-order chi connectivity index (χ1) is 13.4. The Kier molecular flexibility index (Phi) is 11.0. The van der Waals surface area contributed by atoms with Crippen molar-refractivity contribution in [1.82, 2.24) is 15.6 Å². The van der Waals surface area contributed by atoms with E-state index in [-0.39, 0.29) is 24.0 Å². The molecule has 0 bridgehead atoms. The van der Waals surface area contributed by atoms with Crippen molar-refractivity contribution in [3.05, 3.63) is 53.7 Å². The van der Waals surface area contributed by atoms with Gasteiger partial charge in [0.05, 0.1) is 18.0 Å². The SMILES string of the molecule is CCNC(=NCc1cccnc1OCC)NCCc1ccc(S(C)(=O)=O)cc1.I. The molecule has 0 saturated heterocycles. The zero-order chi connectivity index (χ0) is 20.4. The zero-order valence-corrected chi connectivity index (χ0v) is 20.2. The number of pyridine rings is 1. The van der Waals surface area contributed by atoms with Crippen molar-refractivity contribution in [3.8, 4) is 5.88 Å². The highest BCUT2D eigenvalue weighted by atomic mass is 127. The molecule has 0 radical (unpaired) electrons. The second kappa shape index (κ2) is 12.6. The Balaban J connectivity index is 0.00000420. The number of hydrogen-bond donors (Lipinski definition) is 2. The van der Waals surface area contributed by atoms with Gasteiger partial charge < -0.3 is 15.4 Å². The fourth-order valence-electron chi connectivity index (χ4n) is 2.55. The predicted octanol–water partition coefficient (Wildman–Crippen LogP) is 2.80. The van der Waals surface area contributed by atoms with Crippen LogP contribution < -0.4 is 15.4 Å². The summed E-state index contributed by atoms with van der Waals surface area (Å²) in [6.07, 6.45) is 3.67. The number of benzene rings is 1. The third-order valence-corrected chi connectivity index (χ3v) is 5.07. The van der Waals surface area contributed by atoms with Gasteiger partial charge in [-0.2, -0.15) is 0 Å². The minimum Gasteiger partial charge on any atom is -0.478 e. The zero-order valence-electron chi connectivity index (χ0n) is 17.0. The molecule has 29 heavy (non-hydrogen) atoms. The van der Waals surface area contributed by atoms with E-state index < -0.39 is 9.84 Å². The van der Waals surface area contributed by atoms with Crippen LogP contribution in [-0.4, -0.2) is 45.3 Å². The molecular formula is C20H29IN4O3S. The van der Waals surface area contributed by atoms with Crippen LogP contribution in [0.4, 0.5) is 0 Å². The Morgan fingerprint density at radius 2 is 1.86 bits per heavy atom. The van der Waals surface area contributed by atoms with E-state index in [2.05, 4.69) is 20.6 Å². The fourth-order valence-corrected chi connectivity index (χ4v) is 3.18. The number of guanidine groups is 1. The maximum Gasteiger partial charge on any atom is 0.218 e. The van der Waals surface area contributed by atoms with Gasteiger partial charge in [0.25, 0.3) is 0 Å². The smallest absolute Gasteiger partial charge is 0.218 e. The van der Waals surface area contributed by atoms with E-state index in [1.807, 2.05) is 38.1 Å². The molecule has 1 heterocycles. The van der Waals surface area contributed by atoms with Crippen LogP contribution in [0.3, 0.4) is 0 Å². The number of ether oxygens (including phenoxy) is 1. The lowest BCUT2D eigenvalue weighted by atomic mass is 10.1. The minimum absolute atomic E-state index is 0. The highest BCUT2D eigenvalue weighted by molar-refractivity contribution is 14.0. The molecule has 0 unspecified atom stereocenters. The normalized spacial score (nSPS) is 11.5. The maximum atomic E-state index is 11.5. The summed E-state index contributed by atoms with van der Waals surface area (Å²) in [5.74, 6) is 1.32. The lowest BCUT2D eigenvalue weighted by Gasteiger charge is -2.12. The third kappa shape index (κ3) is 8.57. The molecule has 1 aromatic carbocycles. The summed E-state index contributed by atoms with van der Waals surface area (Å²) in [5.41, 5.74) is 1.99. The van der Waals surface area contributed by atoms with E-state index in [0.29, 0.717) is 36.4 Å². The summed E-state index contributed by atoms with van der Waals surface area (Å²) in [7, 11) is -3.16. The van der Waals surface area contributed by atoms with Crippen molar-refractivity contribution < 1.29 is 13.2 Å². The molecule has 0 spiro atoms. The lowest BCUT2D eigenvalue weighted by Crippen LogP contribution is -2.38. The van der Waals surface area contributed by atoms with E-state index in [9.17, 15) is 8.42 Å². The van der Waals surface area contributed by atoms with E-state index in [1.165, 1.54) is 6.26 Å². The number of hydrogen-bond acceptors (Lipinski definition) is 5. The number of aromatic nitrogens is 1. The van der Waals surface area contributed by atoms with Gasteiger partial charge in [0.15, 0.2) is 15.8 Å². The number of halogens is 1. The lowest BCUT2D eigenvalue weighted by molar-refractivity contribution is 0.323. The van der Waals surface area contributed by atoms with Crippen molar-refractivity contribution in [3.63, 3.8) is 0 Å². The molecule has 7 nitrogen and oxygen atoms in total. The van der Waals surface area contributed by atoms with Crippen molar-refractivity contribution in [2.45, 2.75) is 31.7 Å². The van der Waals surface area contributed by atoms with Gasteiger partial charge in [-0.05, 0) is 44.0 Å². The van der Waals surface area contributed by atoms with E-state index >= 15 is 0 Å². The van der Waals surface area contributed by atoms with Crippen LogP contribution in [-0.2, 0) is 22.8 Å². The average Bonchev–Trinajstić information content (AvgIpc) is 2.67. The molecule has 0 atom stereocenters. The summed E-state index contributed by atoms with van der Waals surface area (Å²) in [6.45, 7) is 6.38. The van der Waals surface area contributed by atoms with Crippen LogP contribution in [0.5, 0.6) is 5.88 Å². The highest BCUT2D eigenvalue weighted by Gasteiger charge is 2.07. The first-order valence-corrected chi connectivity index (χ1v) is 11.2. The summed E-state index contributed by atoms with van der Waals surface area (Å²) < 4.78 is 28.6. The molecule has 0 fully saturated rings. The first-order valence-electron chi connectivity index (χ1n) is 9.32. The summed E-state index contributed by atoms with van der Waals surface area (Å²) in [4.78, 5) is 9.18. The molecule has 9 heteroatoms. The number of nitrogens with one attached hydrogen (secondary N) is 2. The van der Waals surface area contributed by atoms with Gasteiger partial charge in [0.2, 0.25) is 5.88 Å². The number of aliphatic imine (C=N–C) groups is 1. The van der Waals surface area contributed by atoms with Gasteiger partial charge in [-0.15, -0.1) is 24.0 Å². The summed E-state index contributed by atoms with van der Waals surface area (Å²) >= 11 is 0. The van der Waals surface area contributed by atoms with Crippen molar-refractivity contribution in [2.75, 3.05) is 26.0 Å². The summed E-state index contributed by atoms with van der Waals surface area (Å²) in [5, 5.41) is 6.51. The molecule has 160 valence electrons. The number of rotatable bonds is 9. The quantitative estimate of drug-likeness (QED) is 0.293. The summed E-state index contributed by atoms with van der Waals surface area (Å²) in [6, 6.07) is 10.8. The van der Waals surface area contributed by atoms with E-state index in [0.717, 1.165) is 24.1 Å². The van der Waals surface area contributed by atoms with Gasteiger partial charge >= 0.3 is 0 Å². The van der Waals surface area contributed by atoms with Crippen molar-refractivity contribution >= 4 is 39.8 Å². The Morgan fingerprint density at radius 3 is 2.48 bits per heavy atom. The van der Waals surface area contributed by atoms with Crippen molar-refractivity contribution in [1.29, 1.82) is 0 Å². The van der Waals surface area contributed by atoms with Crippen LogP contribution in [0.25, 0.3) is 0 Å². The highest BCUT2D eigenvalue weighted by Crippen LogP contribution is 2.15. The molecule has 2 rings (SSSR count). The Labute approximate surface area is 190 Å². The second-order valence-electron chi connectivity index (χ2n) is 6.19. The first kappa shape index (κ1) is 25.2.